The number of carbonyl (C=O) groups excluding carboxylic acids is 1. The van der Waals surface area contributed by atoms with Crippen molar-refractivity contribution in [2.75, 3.05) is 26.2 Å². The first-order valence-corrected chi connectivity index (χ1v) is 10.1. The SMILES string of the molecule is Cc1cccc(C(=O)N2CCCN(Cc3cc(-c4cccs4)on3)CC2)c1. The van der Waals surface area contributed by atoms with E-state index in [1.165, 1.54) is 0 Å². The monoisotopic (exact) mass is 381 g/mol. The summed E-state index contributed by atoms with van der Waals surface area (Å²) in [6.07, 6.45) is 0.965. The molecule has 1 aromatic carbocycles. The average Bonchev–Trinajstić information content (AvgIpc) is 3.30. The Morgan fingerprint density at radius 3 is 2.89 bits per heavy atom. The Bertz CT molecular complexity index is 904. The van der Waals surface area contributed by atoms with Crippen LogP contribution in [0.4, 0.5) is 0 Å². The zero-order chi connectivity index (χ0) is 18.6. The minimum atomic E-state index is 0.127. The van der Waals surface area contributed by atoms with Gasteiger partial charge in [0.1, 0.15) is 0 Å². The van der Waals surface area contributed by atoms with E-state index >= 15 is 0 Å². The van der Waals surface area contributed by atoms with E-state index in [-0.39, 0.29) is 5.91 Å². The summed E-state index contributed by atoms with van der Waals surface area (Å²) in [5.41, 5.74) is 2.84. The smallest absolute Gasteiger partial charge is 0.253 e. The molecule has 0 bridgehead atoms. The lowest BCUT2D eigenvalue weighted by molar-refractivity contribution is 0.0761. The van der Waals surface area contributed by atoms with Crippen LogP contribution >= 0.6 is 11.3 Å². The molecule has 2 aromatic heterocycles. The molecule has 1 amide bonds. The molecule has 0 radical (unpaired) electrons. The molecule has 0 unspecified atom stereocenters. The molecule has 0 N–H and O–H groups in total. The van der Waals surface area contributed by atoms with Gasteiger partial charge in [0.05, 0.1) is 10.6 Å². The topological polar surface area (TPSA) is 49.6 Å². The number of rotatable bonds is 4. The normalized spacial score (nSPS) is 15.7. The molecule has 5 nitrogen and oxygen atoms in total. The summed E-state index contributed by atoms with van der Waals surface area (Å²) < 4.78 is 5.48. The molecule has 1 fully saturated rings. The average molecular weight is 382 g/mol. The third-order valence-corrected chi connectivity index (χ3v) is 5.73. The van der Waals surface area contributed by atoms with Gasteiger partial charge in [0.25, 0.3) is 5.91 Å². The van der Waals surface area contributed by atoms with Crippen LogP contribution in [0, 0.1) is 6.92 Å². The summed E-state index contributed by atoms with van der Waals surface area (Å²) in [7, 11) is 0. The molecule has 1 saturated heterocycles. The molecule has 0 aliphatic carbocycles. The highest BCUT2D eigenvalue weighted by Crippen LogP contribution is 2.25. The quantitative estimate of drug-likeness (QED) is 0.684. The zero-order valence-electron chi connectivity index (χ0n) is 15.4. The van der Waals surface area contributed by atoms with Crippen LogP contribution in [0.3, 0.4) is 0 Å². The molecule has 3 aromatic rings. The molecule has 6 heteroatoms. The van der Waals surface area contributed by atoms with Crippen molar-refractivity contribution < 1.29 is 9.32 Å². The van der Waals surface area contributed by atoms with Gasteiger partial charge in [-0.05, 0) is 36.9 Å². The van der Waals surface area contributed by atoms with Crippen molar-refractivity contribution in [2.24, 2.45) is 0 Å². The van der Waals surface area contributed by atoms with E-state index < -0.39 is 0 Å². The van der Waals surface area contributed by atoms with Crippen molar-refractivity contribution in [1.82, 2.24) is 15.0 Å². The van der Waals surface area contributed by atoms with E-state index in [9.17, 15) is 4.79 Å². The zero-order valence-corrected chi connectivity index (χ0v) is 16.2. The number of hydrogen-bond donors (Lipinski definition) is 0. The molecule has 140 valence electrons. The highest BCUT2D eigenvalue weighted by atomic mass is 32.1. The van der Waals surface area contributed by atoms with Crippen molar-refractivity contribution >= 4 is 17.2 Å². The summed E-state index contributed by atoms with van der Waals surface area (Å²) in [5.74, 6) is 0.952. The lowest BCUT2D eigenvalue weighted by atomic mass is 10.1. The fourth-order valence-corrected chi connectivity index (χ4v) is 4.12. The fourth-order valence-electron chi connectivity index (χ4n) is 3.44. The number of aromatic nitrogens is 1. The molecule has 0 spiro atoms. The predicted octanol–water partition coefficient (Wildman–Crippen LogP) is 4.06. The maximum Gasteiger partial charge on any atom is 0.253 e. The van der Waals surface area contributed by atoms with E-state index in [0.717, 1.165) is 66.6 Å². The van der Waals surface area contributed by atoms with Gasteiger partial charge in [0.2, 0.25) is 0 Å². The third kappa shape index (κ3) is 4.28. The summed E-state index contributed by atoms with van der Waals surface area (Å²) in [4.78, 5) is 18.2. The third-order valence-electron chi connectivity index (χ3n) is 4.85. The minimum absolute atomic E-state index is 0.127. The van der Waals surface area contributed by atoms with Crippen LogP contribution in [0.2, 0.25) is 0 Å². The van der Waals surface area contributed by atoms with Crippen LogP contribution in [0.5, 0.6) is 0 Å². The standard InChI is InChI=1S/C21H23N3O2S/c1-16-5-2-6-17(13-16)21(25)24-9-4-8-23(10-11-24)15-18-14-19(26-22-18)20-7-3-12-27-20/h2-3,5-7,12-14H,4,8-11,15H2,1H3. The van der Waals surface area contributed by atoms with Gasteiger partial charge in [0.15, 0.2) is 5.76 Å². The first-order valence-electron chi connectivity index (χ1n) is 9.27. The van der Waals surface area contributed by atoms with Gasteiger partial charge in [-0.1, -0.05) is 28.9 Å². The van der Waals surface area contributed by atoms with Crippen LogP contribution in [-0.2, 0) is 6.54 Å². The molecule has 27 heavy (non-hydrogen) atoms. The second-order valence-electron chi connectivity index (χ2n) is 6.95. The number of nitrogens with zero attached hydrogens (tertiary/aromatic N) is 3. The van der Waals surface area contributed by atoms with Gasteiger partial charge in [-0.25, -0.2) is 0 Å². The fraction of sp³-hybridized carbons (Fsp3) is 0.333. The molecule has 1 aliphatic heterocycles. The van der Waals surface area contributed by atoms with Crippen LogP contribution in [0.15, 0.2) is 52.4 Å². The van der Waals surface area contributed by atoms with Gasteiger partial charge in [-0.15, -0.1) is 11.3 Å². The number of carbonyl (C=O) groups is 1. The number of aryl methyl sites for hydroxylation is 1. The van der Waals surface area contributed by atoms with Crippen LogP contribution in [0.1, 0.15) is 28.0 Å². The summed E-state index contributed by atoms with van der Waals surface area (Å²) in [6, 6.07) is 13.9. The number of thiophene rings is 1. The maximum atomic E-state index is 12.8. The lowest BCUT2D eigenvalue weighted by Crippen LogP contribution is -2.35. The first kappa shape index (κ1) is 17.9. The Morgan fingerprint density at radius 2 is 2.07 bits per heavy atom. The number of amides is 1. The van der Waals surface area contributed by atoms with Crippen molar-refractivity contribution in [3.05, 3.63) is 64.7 Å². The summed E-state index contributed by atoms with van der Waals surface area (Å²) >= 11 is 1.65. The van der Waals surface area contributed by atoms with Gasteiger partial charge < -0.3 is 9.42 Å². The van der Waals surface area contributed by atoms with Crippen LogP contribution in [0.25, 0.3) is 10.6 Å². The second-order valence-corrected chi connectivity index (χ2v) is 7.90. The molecule has 4 rings (SSSR count). The van der Waals surface area contributed by atoms with Gasteiger partial charge in [-0.3, -0.25) is 9.69 Å². The van der Waals surface area contributed by atoms with E-state index in [2.05, 4.69) is 10.1 Å². The Morgan fingerprint density at radius 1 is 1.15 bits per heavy atom. The molecular weight excluding hydrogens is 358 g/mol. The van der Waals surface area contributed by atoms with Crippen molar-refractivity contribution in [1.29, 1.82) is 0 Å². The van der Waals surface area contributed by atoms with Crippen molar-refractivity contribution in [3.8, 4) is 10.6 Å². The summed E-state index contributed by atoms with van der Waals surface area (Å²) in [5, 5.41) is 6.25. The lowest BCUT2D eigenvalue weighted by Gasteiger charge is -2.21. The maximum absolute atomic E-state index is 12.8. The molecule has 3 heterocycles. The largest absolute Gasteiger partial charge is 0.355 e. The highest BCUT2D eigenvalue weighted by molar-refractivity contribution is 7.13. The Labute approximate surface area is 163 Å². The molecule has 1 aliphatic rings. The second kappa shape index (κ2) is 8.06. The minimum Gasteiger partial charge on any atom is -0.355 e. The van der Waals surface area contributed by atoms with E-state index in [1.54, 1.807) is 11.3 Å². The Kier molecular flexibility index (Phi) is 5.36. The predicted molar refractivity (Wildman–Crippen MR) is 107 cm³/mol. The van der Waals surface area contributed by atoms with Gasteiger partial charge >= 0.3 is 0 Å². The van der Waals surface area contributed by atoms with Crippen LogP contribution < -0.4 is 0 Å². The molecular formula is C21H23N3O2S. The van der Waals surface area contributed by atoms with E-state index in [1.807, 2.05) is 59.7 Å². The summed E-state index contributed by atoms with van der Waals surface area (Å²) in [6.45, 7) is 6.10. The van der Waals surface area contributed by atoms with E-state index in [0.29, 0.717) is 0 Å². The Hall–Kier alpha value is -2.44. The highest BCUT2D eigenvalue weighted by Gasteiger charge is 2.21. The van der Waals surface area contributed by atoms with Crippen LogP contribution in [-0.4, -0.2) is 47.0 Å². The Balaban J connectivity index is 1.37. The van der Waals surface area contributed by atoms with Crippen molar-refractivity contribution in [2.45, 2.75) is 19.9 Å². The molecule has 0 saturated carbocycles. The van der Waals surface area contributed by atoms with Gasteiger partial charge in [0, 0.05) is 44.4 Å². The number of benzene rings is 1. The van der Waals surface area contributed by atoms with E-state index in [4.69, 9.17) is 4.52 Å². The van der Waals surface area contributed by atoms with Crippen molar-refractivity contribution in [3.63, 3.8) is 0 Å². The molecule has 0 atom stereocenters. The number of hydrogen-bond acceptors (Lipinski definition) is 5. The van der Waals surface area contributed by atoms with Gasteiger partial charge in [-0.2, -0.15) is 0 Å². The first-order chi connectivity index (χ1) is 13.2.